The number of ether oxygens (including phenoxy) is 1. The third-order valence-corrected chi connectivity index (χ3v) is 3.23. The zero-order valence-corrected chi connectivity index (χ0v) is 12.7. The average Bonchev–Trinajstić information content (AvgIpc) is 2.53. The van der Waals surface area contributed by atoms with E-state index in [1.54, 1.807) is 24.3 Å². The second-order valence-electron chi connectivity index (χ2n) is 5.27. The minimum atomic E-state index is -0.476. The lowest BCUT2D eigenvalue weighted by Gasteiger charge is -2.04. The van der Waals surface area contributed by atoms with E-state index in [0.717, 1.165) is 5.56 Å². The molecule has 0 bridgehead atoms. The Morgan fingerprint density at radius 2 is 1.77 bits per heavy atom. The van der Waals surface area contributed by atoms with Gasteiger partial charge in [0.1, 0.15) is 12.0 Å². The van der Waals surface area contributed by atoms with Crippen LogP contribution in [0.3, 0.4) is 0 Å². The van der Waals surface area contributed by atoms with Crippen molar-refractivity contribution in [2.75, 3.05) is 0 Å². The fourth-order valence-corrected chi connectivity index (χ4v) is 1.96. The second-order valence-corrected chi connectivity index (χ2v) is 5.27. The molecule has 2 aromatic carbocycles. The lowest BCUT2D eigenvalue weighted by atomic mass is 10.0. The fourth-order valence-electron chi connectivity index (χ4n) is 1.96. The van der Waals surface area contributed by atoms with Crippen molar-refractivity contribution in [2.45, 2.75) is 19.8 Å². The predicted molar refractivity (Wildman–Crippen MR) is 87.0 cm³/mol. The normalized spacial score (nSPS) is 10.9. The van der Waals surface area contributed by atoms with Crippen LogP contribution in [0.25, 0.3) is 6.08 Å². The summed E-state index contributed by atoms with van der Waals surface area (Å²) in [6.45, 7) is 4.27. The highest BCUT2D eigenvalue weighted by Crippen LogP contribution is 2.16. The summed E-state index contributed by atoms with van der Waals surface area (Å²) in [6, 6.07) is 14.5. The molecule has 3 heteroatoms. The summed E-state index contributed by atoms with van der Waals surface area (Å²) < 4.78 is 5.16. The maximum atomic E-state index is 11.8. The van der Waals surface area contributed by atoms with E-state index in [1.807, 2.05) is 24.3 Å². The van der Waals surface area contributed by atoms with E-state index in [-0.39, 0.29) is 0 Å². The summed E-state index contributed by atoms with van der Waals surface area (Å²) in [7, 11) is 0. The first-order chi connectivity index (χ1) is 10.6. The zero-order valence-electron chi connectivity index (χ0n) is 12.7. The van der Waals surface area contributed by atoms with E-state index in [0.29, 0.717) is 23.5 Å². The average molecular weight is 294 g/mol. The van der Waals surface area contributed by atoms with Crippen molar-refractivity contribution < 1.29 is 14.3 Å². The van der Waals surface area contributed by atoms with Crippen LogP contribution in [0.2, 0.25) is 0 Å². The second kappa shape index (κ2) is 7.36. The molecule has 0 atom stereocenters. The van der Waals surface area contributed by atoms with E-state index in [1.165, 1.54) is 17.7 Å². The Labute approximate surface area is 130 Å². The highest BCUT2D eigenvalue weighted by atomic mass is 16.5. The maximum absolute atomic E-state index is 11.8. The van der Waals surface area contributed by atoms with Crippen molar-refractivity contribution in [3.05, 3.63) is 71.3 Å². The summed E-state index contributed by atoms with van der Waals surface area (Å²) in [5.41, 5.74) is 2.66. The summed E-state index contributed by atoms with van der Waals surface area (Å²) >= 11 is 0. The van der Waals surface area contributed by atoms with Gasteiger partial charge < -0.3 is 4.74 Å². The number of esters is 1. The first-order valence-corrected chi connectivity index (χ1v) is 7.13. The molecular weight excluding hydrogens is 276 g/mol. The summed E-state index contributed by atoms with van der Waals surface area (Å²) in [5.74, 6) is 0.360. The maximum Gasteiger partial charge on any atom is 0.336 e. The molecule has 0 fully saturated rings. The van der Waals surface area contributed by atoms with Crippen molar-refractivity contribution in [2.24, 2.45) is 0 Å². The van der Waals surface area contributed by atoms with E-state index in [9.17, 15) is 9.59 Å². The molecule has 22 heavy (non-hydrogen) atoms. The van der Waals surface area contributed by atoms with Crippen molar-refractivity contribution in [1.29, 1.82) is 0 Å². The van der Waals surface area contributed by atoms with E-state index >= 15 is 0 Å². The molecule has 112 valence electrons. The molecule has 2 aromatic rings. The number of carbonyl (C=O) groups is 2. The quantitative estimate of drug-likeness (QED) is 0.358. The molecule has 0 aromatic heterocycles. The molecule has 0 unspecified atom stereocenters. The van der Waals surface area contributed by atoms with Crippen LogP contribution >= 0.6 is 0 Å². The molecule has 0 heterocycles. The highest BCUT2D eigenvalue weighted by Gasteiger charge is 2.02. The number of benzene rings is 2. The van der Waals surface area contributed by atoms with Gasteiger partial charge >= 0.3 is 5.97 Å². The van der Waals surface area contributed by atoms with Gasteiger partial charge in [-0.3, -0.25) is 4.79 Å². The number of carbonyl (C=O) groups excluding carboxylic acids is 2. The van der Waals surface area contributed by atoms with Gasteiger partial charge in [0, 0.05) is 11.6 Å². The van der Waals surface area contributed by atoms with Gasteiger partial charge in [-0.1, -0.05) is 50.2 Å². The van der Waals surface area contributed by atoms with Crippen LogP contribution in [0.4, 0.5) is 0 Å². The lowest BCUT2D eigenvalue weighted by molar-refractivity contribution is -0.128. The molecule has 0 radical (unpaired) electrons. The van der Waals surface area contributed by atoms with Gasteiger partial charge in [-0.15, -0.1) is 0 Å². The van der Waals surface area contributed by atoms with Crippen LogP contribution in [-0.4, -0.2) is 12.3 Å². The number of hydrogen-bond donors (Lipinski definition) is 0. The Balaban J connectivity index is 2.00. The Morgan fingerprint density at radius 3 is 2.41 bits per heavy atom. The van der Waals surface area contributed by atoms with E-state index in [4.69, 9.17) is 4.74 Å². The van der Waals surface area contributed by atoms with Crippen LogP contribution < -0.4 is 4.74 Å². The van der Waals surface area contributed by atoms with Crippen LogP contribution in [0.15, 0.2) is 54.6 Å². The molecule has 0 spiro atoms. The molecule has 0 amide bonds. The molecular formula is C19H18O3. The molecule has 0 saturated heterocycles. The number of hydrogen-bond acceptors (Lipinski definition) is 3. The summed E-state index contributed by atoms with van der Waals surface area (Å²) in [5, 5.41) is 0. The molecule has 0 saturated carbocycles. The standard InChI is InChI=1S/C19H18O3/c1-14(2)17-9-6-15(7-10-17)8-11-19(21)22-18-5-3-4-16(12-18)13-20/h3-14H,1-2H3/b11-8+. The molecule has 2 rings (SSSR count). The van der Waals surface area contributed by atoms with Gasteiger partial charge in [0.05, 0.1) is 0 Å². The van der Waals surface area contributed by atoms with Crippen LogP contribution in [-0.2, 0) is 4.79 Å². The molecule has 0 aliphatic heterocycles. The first-order valence-electron chi connectivity index (χ1n) is 7.13. The third kappa shape index (κ3) is 4.42. The minimum Gasteiger partial charge on any atom is -0.423 e. The SMILES string of the molecule is CC(C)c1ccc(/C=C/C(=O)Oc2cccc(C=O)c2)cc1. The van der Waals surface area contributed by atoms with Crippen LogP contribution in [0.1, 0.15) is 41.3 Å². The van der Waals surface area contributed by atoms with Gasteiger partial charge in [0.25, 0.3) is 0 Å². The smallest absolute Gasteiger partial charge is 0.336 e. The van der Waals surface area contributed by atoms with E-state index < -0.39 is 5.97 Å². The molecule has 0 N–H and O–H groups in total. The summed E-state index contributed by atoms with van der Waals surface area (Å²) in [4.78, 5) is 22.4. The lowest BCUT2D eigenvalue weighted by Crippen LogP contribution is -2.03. The summed E-state index contributed by atoms with van der Waals surface area (Å²) in [6.07, 6.45) is 3.79. The van der Waals surface area contributed by atoms with E-state index in [2.05, 4.69) is 13.8 Å². The highest BCUT2D eigenvalue weighted by molar-refractivity contribution is 5.89. The van der Waals surface area contributed by atoms with Gasteiger partial charge in [-0.05, 0) is 35.3 Å². The van der Waals surface area contributed by atoms with Gasteiger partial charge in [-0.2, -0.15) is 0 Å². The Kier molecular flexibility index (Phi) is 5.26. The first kappa shape index (κ1) is 15.7. The Bertz CT molecular complexity index is 682. The van der Waals surface area contributed by atoms with Gasteiger partial charge in [0.15, 0.2) is 0 Å². The van der Waals surface area contributed by atoms with Crippen LogP contribution in [0.5, 0.6) is 5.75 Å². The van der Waals surface area contributed by atoms with Crippen molar-refractivity contribution in [1.82, 2.24) is 0 Å². The third-order valence-electron chi connectivity index (χ3n) is 3.23. The molecule has 0 aliphatic rings. The van der Waals surface area contributed by atoms with Crippen LogP contribution in [0, 0.1) is 0 Å². The largest absolute Gasteiger partial charge is 0.423 e. The Morgan fingerprint density at radius 1 is 1.05 bits per heavy atom. The Hall–Kier alpha value is -2.68. The molecule has 0 aliphatic carbocycles. The topological polar surface area (TPSA) is 43.4 Å². The fraction of sp³-hybridized carbons (Fsp3) is 0.158. The number of rotatable bonds is 5. The predicted octanol–water partition coefficient (Wildman–Crippen LogP) is 4.24. The van der Waals surface area contributed by atoms with Crippen molar-refractivity contribution in [3.63, 3.8) is 0 Å². The minimum absolute atomic E-state index is 0.356. The van der Waals surface area contributed by atoms with Crippen molar-refractivity contribution in [3.8, 4) is 5.75 Å². The number of aldehydes is 1. The molecule has 3 nitrogen and oxygen atoms in total. The van der Waals surface area contributed by atoms with Crippen molar-refractivity contribution >= 4 is 18.3 Å². The van der Waals surface area contributed by atoms with Gasteiger partial charge in [0.2, 0.25) is 0 Å². The zero-order chi connectivity index (χ0) is 15.9. The monoisotopic (exact) mass is 294 g/mol. The van der Waals surface area contributed by atoms with Gasteiger partial charge in [-0.25, -0.2) is 4.79 Å².